The van der Waals surface area contributed by atoms with Crippen molar-refractivity contribution in [3.05, 3.63) is 22.7 Å². The van der Waals surface area contributed by atoms with E-state index < -0.39 is 0 Å². The van der Waals surface area contributed by atoms with E-state index in [1.54, 1.807) is 0 Å². The fourth-order valence-corrected chi connectivity index (χ4v) is 3.66. The van der Waals surface area contributed by atoms with Gasteiger partial charge < -0.3 is 5.73 Å². The normalized spacial score (nSPS) is 12.6. The molecule has 1 nitrogen and oxygen atoms in total. The second-order valence-corrected chi connectivity index (χ2v) is 6.33. The van der Waals surface area contributed by atoms with Crippen molar-refractivity contribution in [3.63, 3.8) is 0 Å². The third-order valence-electron chi connectivity index (χ3n) is 2.97. The van der Waals surface area contributed by atoms with Crippen LogP contribution in [0.5, 0.6) is 0 Å². The molecule has 96 valence electrons. The van der Waals surface area contributed by atoms with Gasteiger partial charge in [-0.1, -0.05) is 33.1 Å². The molecule has 0 aliphatic carbocycles. The van der Waals surface area contributed by atoms with Gasteiger partial charge in [0.1, 0.15) is 0 Å². The first kappa shape index (κ1) is 14.9. The number of nitrogens with two attached hydrogens (primary N) is 1. The Balaban J connectivity index is 2.47. The quantitative estimate of drug-likeness (QED) is 0.543. The van der Waals surface area contributed by atoms with Gasteiger partial charge in [0.2, 0.25) is 0 Å². The third kappa shape index (κ3) is 5.35. The SMILES string of the molecule is CCCCC(CC)CSc1ccc(N)cc1Br. The summed E-state index contributed by atoms with van der Waals surface area (Å²) in [7, 11) is 0. The summed E-state index contributed by atoms with van der Waals surface area (Å²) in [6.45, 7) is 4.55. The standard InChI is InChI=1S/C14H22BrNS/c1-3-5-6-11(4-2)10-17-14-8-7-12(16)9-13(14)15/h7-9,11H,3-6,10,16H2,1-2H3. The summed E-state index contributed by atoms with van der Waals surface area (Å²) < 4.78 is 1.12. The predicted molar refractivity (Wildman–Crippen MR) is 82.6 cm³/mol. The van der Waals surface area contributed by atoms with Crippen molar-refractivity contribution >= 4 is 33.4 Å². The van der Waals surface area contributed by atoms with Crippen LogP contribution in [0.25, 0.3) is 0 Å². The van der Waals surface area contributed by atoms with E-state index in [1.165, 1.54) is 36.3 Å². The molecule has 3 heteroatoms. The van der Waals surface area contributed by atoms with Gasteiger partial charge in [-0.05, 0) is 46.5 Å². The minimum Gasteiger partial charge on any atom is -0.399 e. The second-order valence-electron chi connectivity index (χ2n) is 4.42. The van der Waals surface area contributed by atoms with Crippen LogP contribution in [0.4, 0.5) is 5.69 Å². The molecule has 1 aromatic rings. The number of benzene rings is 1. The van der Waals surface area contributed by atoms with Gasteiger partial charge in [0, 0.05) is 20.8 Å². The number of hydrogen-bond donors (Lipinski definition) is 1. The van der Waals surface area contributed by atoms with Gasteiger partial charge in [-0.25, -0.2) is 0 Å². The van der Waals surface area contributed by atoms with Crippen LogP contribution in [-0.2, 0) is 0 Å². The number of nitrogen functional groups attached to an aromatic ring is 1. The molecule has 1 atom stereocenters. The maximum atomic E-state index is 5.74. The number of unbranched alkanes of at least 4 members (excludes halogenated alkanes) is 1. The molecule has 0 bridgehead atoms. The lowest BCUT2D eigenvalue weighted by atomic mass is 10.0. The minimum atomic E-state index is 0.819. The lowest BCUT2D eigenvalue weighted by Crippen LogP contribution is -2.02. The van der Waals surface area contributed by atoms with Gasteiger partial charge in [-0.2, -0.15) is 0 Å². The zero-order valence-corrected chi connectivity index (χ0v) is 13.1. The number of anilines is 1. The predicted octanol–water partition coefficient (Wildman–Crippen LogP) is 5.34. The van der Waals surface area contributed by atoms with E-state index in [0.717, 1.165) is 16.1 Å². The maximum absolute atomic E-state index is 5.74. The van der Waals surface area contributed by atoms with Crippen LogP contribution >= 0.6 is 27.7 Å². The average molecular weight is 316 g/mol. The Morgan fingerprint density at radius 3 is 2.71 bits per heavy atom. The van der Waals surface area contributed by atoms with Crippen LogP contribution in [0.2, 0.25) is 0 Å². The lowest BCUT2D eigenvalue weighted by Gasteiger charge is -2.14. The van der Waals surface area contributed by atoms with Crippen molar-refractivity contribution in [2.45, 2.75) is 44.4 Å². The number of hydrogen-bond acceptors (Lipinski definition) is 2. The van der Waals surface area contributed by atoms with Crippen molar-refractivity contribution in [1.29, 1.82) is 0 Å². The highest BCUT2D eigenvalue weighted by Gasteiger charge is 2.08. The maximum Gasteiger partial charge on any atom is 0.0331 e. The molecule has 1 aromatic carbocycles. The second kappa shape index (κ2) is 8.04. The fraction of sp³-hybridized carbons (Fsp3) is 0.571. The molecule has 0 saturated carbocycles. The summed E-state index contributed by atoms with van der Waals surface area (Å²) in [5, 5.41) is 0. The Bertz CT molecular complexity index is 341. The van der Waals surface area contributed by atoms with E-state index in [0.29, 0.717) is 0 Å². The lowest BCUT2D eigenvalue weighted by molar-refractivity contribution is 0.499. The summed E-state index contributed by atoms with van der Waals surface area (Å²) in [4.78, 5) is 1.30. The van der Waals surface area contributed by atoms with Crippen molar-refractivity contribution in [2.75, 3.05) is 11.5 Å². The van der Waals surface area contributed by atoms with Gasteiger partial charge in [0.15, 0.2) is 0 Å². The monoisotopic (exact) mass is 315 g/mol. The van der Waals surface area contributed by atoms with Crippen molar-refractivity contribution < 1.29 is 0 Å². The molecule has 0 radical (unpaired) electrons. The highest BCUT2D eigenvalue weighted by atomic mass is 79.9. The van der Waals surface area contributed by atoms with E-state index >= 15 is 0 Å². The summed E-state index contributed by atoms with van der Waals surface area (Å²) in [5.74, 6) is 2.04. The highest BCUT2D eigenvalue weighted by Crippen LogP contribution is 2.31. The molecule has 0 saturated heterocycles. The topological polar surface area (TPSA) is 26.0 Å². The summed E-state index contributed by atoms with van der Waals surface area (Å²) in [5.41, 5.74) is 6.55. The van der Waals surface area contributed by atoms with Gasteiger partial charge in [0.05, 0.1) is 0 Å². The van der Waals surface area contributed by atoms with Crippen LogP contribution in [0.1, 0.15) is 39.5 Å². The summed E-state index contributed by atoms with van der Waals surface area (Å²) in [6, 6.07) is 6.06. The Kier molecular flexibility index (Phi) is 7.05. The molecule has 0 heterocycles. The fourth-order valence-electron chi connectivity index (χ4n) is 1.74. The molecule has 1 rings (SSSR count). The van der Waals surface area contributed by atoms with Crippen LogP contribution in [0.3, 0.4) is 0 Å². The Labute approximate surface area is 118 Å². The van der Waals surface area contributed by atoms with E-state index in [9.17, 15) is 0 Å². The van der Waals surface area contributed by atoms with E-state index in [1.807, 2.05) is 23.9 Å². The molecule has 0 fully saturated rings. The number of thioether (sulfide) groups is 1. The number of halogens is 1. The van der Waals surface area contributed by atoms with Gasteiger partial charge >= 0.3 is 0 Å². The van der Waals surface area contributed by atoms with Gasteiger partial charge in [0.25, 0.3) is 0 Å². The molecule has 17 heavy (non-hydrogen) atoms. The smallest absolute Gasteiger partial charge is 0.0331 e. The average Bonchev–Trinajstić information content (AvgIpc) is 2.31. The molecule has 0 amide bonds. The first-order valence-corrected chi connectivity index (χ1v) is 8.13. The molecule has 0 aliphatic rings. The van der Waals surface area contributed by atoms with E-state index in [-0.39, 0.29) is 0 Å². The van der Waals surface area contributed by atoms with Crippen LogP contribution < -0.4 is 5.73 Å². The Hall–Kier alpha value is -0.150. The van der Waals surface area contributed by atoms with Crippen molar-refractivity contribution in [2.24, 2.45) is 5.92 Å². The summed E-state index contributed by atoms with van der Waals surface area (Å²) in [6.07, 6.45) is 5.28. The largest absolute Gasteiger partial charge is 0.399 e. The first-order chi connectivity index (χ1) is 8.17. The third-order valence-corrected chi connectivity index (χ3v) is 5.20. The zero-order chi connectivity index (χ0) is 12.7. The van der Waals surface area contributed by atoms with Crippen LogP contribution in [0, 0.1) is 5.92 Å². The van der Waals surface area contributed by atoms with E-state index in [2.05, 4.69) is 35.8 Å². The highest BCUT2D eigenvalue weighted by molar-refractivity contribution is 9.10. The van der Waals surface area contributed by atoms with Crippen LogP contribution in [-0.4, -0.2) is 5.75 Å². The number of rotatable bonds is 7. The molecular formula is C14H22BrNS. The van der Waals surface area contributed by atoms with E-state index in [4.69, 9.17) is 5.73 Å². The van der Waals surface area contributed by atoms with Gasteiger partial charge in [-0.15, -0.1) is 11.8 Å². The Morgan fingerprint density at radius 1 is 1.35 bits per heavy atom. The minimum absolute atomic E-state index is 0.819. The molecule has 0 aliphatic heterocycles. The molecule has 0 spiro atoms. The first-order valence-electron chi connectivity index (χ1n) is 6.35. The molecular weight excluding hydrogens is 294 g/mol. The zero-order valence-electron chi connectivity index (χ0n) is 10.7. The van der Waals surface area contributed by atoms with Crippen LogP contribution in [0.15, 0.2) is 27.6 Å². The van der Waals surface area contributed by atoms with Crippen molar-refractivity contribution in [3.8, 4) is 0 Å². The molecule has 2 N–H and O–H groups in total. The molecule has 1 unspecified atom stereocenters. The molecule has 0 aromatic heterocycles. The van der Waals surface area contributed by atoms with Gasteiger partial charge in [-0.3, -0.25) is 0 Å². The Morgan fingerprint density at radius 2 is 2.12 bits per heavy atom. The summed E-state index contributed by atoms with van der Waals surface area (Å²) >= 11 is 5.51. The van der Waals surface area contributed by atoms with Crippen molar-refractivity contribution in [1.82, 2.24) is 0 Å².